The second-order valence-corrected chi connectivity index (χ2v) is 7.48. The van der Waals surface area contributed by atoms with Gasteiger partial charge in [0.1, 0.15) is 0 Å². The summed E-state index contributed by atoms with van der Waals surface area (Å²) in [6.45, 7) is 1.44. The summed E-state index contributed by atoms with van der Waals surface area (Å²) in [5.74, 6) is 0. The van der Waals surface area contributed by atoms with Crippen molar-refractivity contribution < 1.29 is 5.11 Å². The molecule has 0 aliphatic heterocycles. The fraction of sp³-hybridized carbons (Fsp3) is 0.714. The Labute approximate surface area is 122 Å². The van der Waals surface area contributed by atoms with Gasteiger partial charge in [0.15, 0.2) is 0 Å². The van der Waals surface area contributed by atoms with Crippen molar-refractivity contribution in [2.45, 2.75) is 51.0 Å². The number of hydrogen-bond acceptors (Lipinski definition) is 3. The van der Waals surface area contributed by atoms with Crippen molar-refractivity contribution in [1.82, 2.24) is 5.32 Å². The van der Waals surface area contributed by atoms with Crippen molar-refractivity contribution in [1.29, 1.82) is 0 Å². The Bertz CT molecular complexity index is 367. The molecule has 1 aliphatic carbocycles. The number of rotatable bonds is 7. The van der Waals surface area contributed by atoms with Gasteiger partial charge in [-0.15, -0.1) is 11.3 Å². The molecular weight excluding hydrogens is 310 g/mol. The van der Waals surface area contributed by atoms with E-state index in [2.05, 4.69) is 27.3 Å². The van der Waals surface area contributed by atoms with Gasteiger partial charge in [0.2, 0.25) is 0 Å². The van der Waals surface area contributed by atoms with E-state index in [0.29, 0.717) is 12.6 Å². The molecule has 4 heteroatoms. The van der Waals surface area contributed by atoms with E-state index < -0.39 is 0 Å². The van der Waals surface area contributed by atoms with Gasteiger partial charge in [-0.2, -0.15) is 0 Å². The predicted molar refractivity (Wildman–Crippen MR) is 81.3 cm³/mol. The summed E-state index contributed by atoms with van der Waals surface area (Å²) in [5.41, 5.74) is 1.52. The molecule has 0 radical (unpaired) electrons. The predicted octanol–water partition coefficient (Wildman–Crippen LogP) is 4.03. The molecule has 1 atom stereocenters. The third-order valence-corrected chi connectivity index (χ3v) is 5.27. The average molecular weight is 332 g/mol. The van der Waals surface area contributed by atoms with Crippen LogP contribution >= 0.6 is 27.3 Å². The fourth-order valence-electron chi connectivity index (χ4n) is 2.60. The Balaban J connectivity index is 1.74. The van der Waals surface area contributed by atoms with Crippen molar-refractivity contribution in [3.8, 4) is 0 Å². The lowest BCUT2D eigenvalue weighted by Crippen LogP contribution is -2.25. The number of aliphatic hydroxyl groups excluding tert-OH is 1. The highest BCUT2D eigenvalue weighted by molar-refractivity contribution is 9.11. The smallest absolute Gasteiger partial charge is 0.0704 e. The van der Waals surface area contributed by atoms with Crippen molar-refractivity contribution >= 4 is 27.3 Å². The van der Waals surface area contributed by atoms with Crippen LogP contribution in [-0.4, -0.2) is 18.3 Å². The van der Waals surface area contributed by atoms with E-state index in [-0.39, 0.29) is 0 Å². The topological polar surface area (TPSA) is 32.3 Å². The Morgan fingerprint density at radius 3 is 3.00 bits per heavy atom. The molecule has 0 bridgehead atoms. The van der Waals surface area contributed by atoms with E-state index in [9.17, 15) is 0 Å². The van der Waals surface area contributed by atoms with Crippen LogP contribution in [0, 0.1) is 0 Å². The van der Waals surface area contributed by atoms with Crippen LogP contribution in [-0.2, 0) is 6.42 Å². The van der Waals surface area contributed by atoms with Crippen LogP contribution in [0.15, 0.2) is 9.85 Å². The molecule has 1 aromatic rings. The number of thiophene rings is 1. The van der Waals surface area contributed by atoms with Crippen LogP contribution in [0.25, 0.3) is 0 Å². The summed E-state index contributed by atoms with van der Waals surface area (Å²) in [6.07, 6.45) is 8.37. The first-order chi connectivity index (χ1) is 8.81. The van der Waals surface area contributed by atoms with E-state index in [0.717, 1.165) is 19.4 Å². The second-order valence-electron chi connectivity index (χ2n) is 4.97. The first kappa shape index (κ1) is 14.5. The van der Waals surface area contributed by atoms with Gasteiger partial charge < -0.3 is 10.4 Å². The van der Waals surface area contributed by atoms with E-state index >= 15 is 0 Å². The summed E-state index contributed by atoms with van der Waals surface area (Å²) >= 11 is 5.49. The van der Waals surface area contributed by atoms with Crippen LogP contribution in [0.4, 0.5) is 0 Å². The number of halogens is 1. The van der Waals surface area contributed by atoms with Crippen molar-refractivity contribution in [3.05, 3.63) is 20.3 Å². The Hall–Kier alpha value is 0.100. The summed E-state index contributed by atoms with van der Waals surface area (Å²) in [7, 11) is 0. The van der Waals surface area contributed by atoms with E-state index in [4.69, 9.17) is 5.11 Å². The van der Waals surface area contributed by atoms with Crippen LogP contribution in [0.1, 0.15) is 55.0 Å². The van der Waals surface area contributed by atoms with Gasteiger partial charge in [-0.25, -0.2) is 0 Å². The third-order valence-electron chi connectivity index (χ3n) is 3.56. The minimum absolute atomic E-state index is 0.336. The summed E-state index contributed by atoms with van der Waals surface area (Å²) in [5, 5.41) is 12.4. The first-order valence-electron chi connectivity index (χ1n) is 6.93. The van der Waals surface area contributed by atoms with Gasteiger partial charge in [0.05, 0.1) is 3.79 Å². The Kier molecular flexibility index (Phi) is 6.15. The molecular formula is C14H22BrNOS. The van der Waals surface area contributed by atoms with E-state index in [1.54, 1.807) is 4.88 Å². The average Bonchev–Trinajstić information content (AvgIpc) is 2.74. The third kappa shape index (κ3) is 4.05. The van der Waals surface area contributed by atoms with E-state index in [1.807, 2.05) is 11.3 Å². The molecule has 1 aromatic heterocycles. The van der Waals surface area contributed by atoms with Crippen molar-refractivity contribution in [2.24, 2.45) is 0 Å². The van der Waals surface area contributed by atoms with E-state index in [1.165, 1.54) is 41.5 Å². The Morgan fingerprint density at radius 1 is 1.33 bits per heavy atom. The summed E-state index contributed by atoms with van der Waals surface area (Å²) in [6, 6.07) is 2.86. The molecule has 0 spiro atoms. The first-order valence-corrected chi connectivity index (χ1v) is 8.54. The molecule has 1 heterocycles. The second kappa shape index (κ2) is 7.63. The highest BCUT2D eigenvalue weighted by Crippen LogP contribution is 2.37. The zero-order chi connectivity index (χ0) is 12.8. The van der Waals surface area contributed by atoms with Gasteiger partial charge in [0.25, 0.3) is 0 Å². The zero-order valence-electron chi connectivity index (χ0n) is 10.8. The highest BCUT2D eigenvalue weighted by Gasteiger charge is 2.21. The molecule has 102 valence electrons. The molecule has 0 fully saturated rings. The molecule has 0 saturated heterocycles. The number of nitrogens with one attached hydrogen (secondary N) is 1. The lowest BCUT2D eigenvalue weighted by molar-refractivity contribution is 0.282. The fourth-order valence-corrected chi connectivity index (χ4v) is 4.42. The quantitative estimate of drug-likeness (QED) is 0.739. The van der Waals surface area contributed by atoms with Crippen LogP contribution in [0.2, 0.25) is 0 Å². The maximum absolute atomic E-state index is 8.72. The van der Waals surface area contributed by atoms with Gasteiger partial charge in [-0.05, 0) is 66.2 Å². The minimum atomic E-state index is 0.336. The molecule has 2 rings (SSSR count). The van der Waals surface area contributed by atoms with Gasteiger partial charge >= 0.3 is 0 Å². The largest absolute Gasteiger partial charge is 0.396 e. The standard InChI is InChI=1S/C14H22BrNOS/c15-14-10-11-12(6-5-7-13(11)18-14)16-8-3-1-2-4-9-17/h10,12,16-17H,1-9H2. The number of hydrogen-bond donors (Lipinski definition) is 2. The van der Waals surface area contributed by atoms with Crippen LogP contribution in [0.3, 0.4) is 0 Å². The van der Waals surface area contributed by atoms with Crippen LogP contribution in [0.5, 0.6) is 0 Å². The van der Waals surface area contributed by atoms with Gasteiger partial charge in [0, 0.05) is 17.5 Å². The summed E-state index contributed by atoms with van der Waals surface area (Å²) in [4.78, 5) is 1.56. The molecule has 1 aliphatic rings. The SMILES string of the molecule is OCCCCCCNC1CCCc2sc(Br)cc21. The molecule has 0 saturated carbocycles. The molecule has 2 N–H and O–H groups in total. The van der Waals surface area contributed by atoms with Gasteiger partial charge in [-0.3, -0.25) is 0 Å². The minimum Gasteiger partial charge on any atom is -0.396 e. The number of aliphatic hydroxyl groups is 1. The monoisotopic (exact) mass is 331 g/mol. The lowest BCUT2D eigenvalue weighted by atomic mass is 9.94. The molecule has 1 unspecified atom stereocenters. The maximum atomic E-state index is 8.72. The molecule has 0 aromatic carbocycles. The maximum Gasteiger partial charge on any atom is 0.0704 e. The summed E-state index contributed by atoms with van der Waals surface area (Å²) < 4.78 is 1.27. The van der Waals surface area contributed by atoms with Crippen molar-refractivity contribution in [3.63, 3.8) is 0 Å². The van der Waals surface area contributed by atoms with Crippen LogP contribution < -0.4 is 5.32 Å². The highest BCUT2D eigenvalue weighted by atomic mass is 79.9. The molecule has 0 amide bonds. The lowest BCUT2D eigenvalue weighted by Gasteiger charge is -2.23. The van der Waals surface area contributed by atoms with Gasteiger partial charge in [-0.1, -0.05) is 12.8 Å². The number of fused-ring (bicyclic) bond motifs is 1. The molecule has 18 heavy (non-hydrogen) atoms. The zero-order valence-corrected chi connectivity index (χ0v) is 13.2. The normalized spacial score (nSPS) is 18.9. The number of aryl methyl sites for hydroxylation is 1. The Morgan fingerprint density at radius 2 is 2.17 bits per heavy atom. The molecule has 2 nitrogen and oxygen atoms in total. The van der Waals surface area contributed by atoms with Crippen molar-refractivity contribution in [2.75, 3.05) is 13.2 Å². The number of unbranched alkanes of at least 4 members (excludes halogenated alkanes) is 3.